The molecular formula is C24H29ClN4O. The lowest BCUT2D eigenvalue weighted by atomic mass is 9.91. The molecule has 1 aliphatic carbocycles. The summed E-state index contributed by atoms with van der Waals surface area (Å²) >= 11 is 6.66. The summed E-state index contributed by atoms with van der Waals surface area (Å²) in [4.78, 5) is 7.23. The molecular weight excluding hydrogens is 396 g/mol. The summed E-state index contributed by atoms with van der Waals surface area (Å²) in [5, 5.41) is 14.5. The Balaban J connectivity index is 1.89. The van der Waals surface area contributed by atoms with Gasteiger partial charge < -0.3 is 10.1 Å². The highest BCUT2D eigenvalue weighted by Crippen LogP contribution is 2.48. The minimum absolute atomic E-state index is 0.0156. The molecule has 2 unspecified atom stereocenters. The van der Waals surface area contributed by atoms with Gasteiger partial charge in [0, 0.05) is 34.4 Å². The number of halogens is 1. The molecule has 4 rings (SSSR count). The maximum atomic E-state index is 10.1. The Morgan fingerprint density at radius 1 is 1.33 bits per heavy atom. The molecule has 1 fully saturated rings. The number of hydrogen-bond acceptors (Lipinski definition) is 5. The number of methoxy groups -OCH3 is 1. The van der Waals surface area contributed by atoms with Gasteiger partial charge in [-0.1, -0.05) is 32.4 Å². The molecule has 0 amide bonds. The molecule has 1 saturated carbocycles. The number of rotatable bonds is 6. The Kier molecular flexibility index (Phi) is 5.79. The monoisotopic (exact) mass is 424 g/mol. The number of fused-ring (bicyclic) bond motifs is 2. The number of allylic oxidation sites excluding steroid dienone is 1. The van der Waals surface area contributed by atoms with Gasteiger partial charge in [0.2, 0.25) is 0 Å². The number of nitrogens with one attached hydrogen (secondary N) is 1. The van der Waals surface area contributed by atoms with E-state index in [0.717, 1.165) is 66.3 Å². The topological polar surface area (TPSA) is 60.7 Å². The summed E-state index contributed by atoms with van der Waals surface area (Å²) in [6.45, 7) is 6.50. The second-order valence-corrected chi connectivity index (χ2v) is 8.62. The summed E-state index contributed by atoms with van der Waals surface area (Å²) < 4.78 is 5.32. The molecule has 0 radical (unpaired) electrons. The van der Waals surface area contributed by atoms with Gasteiger partial charge in [0.25, 0.3) is 0 Å². The van der Waals surface area contributed by atoms with Gasteiger partial charge in [0.1, 0.15) is 23.4 Å². The molecule has 1 N–H and O–H groups in total. The van der Waals surface area contributed by atoms with E-state index in [1.165, 1.54) is 5.57 Å². The van der Waals surface area contributed by atoms with Gasteiger partial charge in [0.05, 0.1) is 18.2 Å². The van der Waals surface area contributed by atoms with Crippen molar-refractivity contribution >= 4 is 22.9 Å². The molecule has 0 aromatic heterocycles. The first kappa shape index (κ1) is 20.8. The third-order valence-corrected chi connectivity index (χ3v) is 6.87. The van der Waals surface area contributed by atoms with Gasteiger partial charge in [-0.2, -0.15) is 5.26 Å². The number of nitrogens with zero attached hydrogens (tertiary/aromatic N) is 3. The molecule has 2 heterocycles. The molecule has 1 aromatic carbocycles. The number of nitriles is 1. The van der Waals surface area contributed by atoms with Crippen LogP contribution in [0.1, 0.15) is 58.4 Å². The lowest BCUT2D eigenvalue weighted by Crippen LogP contribution is -2.43. The highest BCUT2D eigenvalue weighted by Gasteiger charge is 2.45. The van der Waals surface area contributed by atoms with E-state index < -0.39 is 0 Å². The van der Waals surface area contributed by atoms with E-state index in [9.17, 15) is 5.26 Å². The number of ether oxygens (including phenoxy) is 1. The third kappa shape index (κ3) is 3.28. The van der Waals surface area contributed by atoms with Crippen molar-refractivity contribution in [1.29, 1.82) is 5.26 Å². The molecule has 2 atom stereocenters. The fourth-order valence-electron chi connectivity index (χ4n) is 4.80. The smallest absolute Gasteiger partial charge is 0.139 e. The fourth-order valence-corrected chi connectivity index (χ4v) is 5.08. The van der Waals surface area contributed by atoms with E-state index in [0.29, 0.717) is 11.1 Å². The van der Waals surface area contributed by atoms with Crippen molar-refractivity contribution < 1.29 is 4.74 Å². The van der Waals surface area contributed by atoms with E-state index in [4.69, 9.17) is 21.3 Å². The molecule has 0 saturated heterocycles. The first-order valence-electron chi connectivity index (χ1n) is 10.9. The van der Waals surface area contributed by atoms with Gasteiger partial charge in [-0.25, -0.2) is 4.99 Å². The van der Waals surface area contributed by atoms with Crippen molar-refractivity contribution in [2.75, 3.05) is 7.11 Å². The molecule has 3 aliphatic rings. The molecule has 5 nitrogen and oxygen atoms in total. The molecule has 1 aromatic rings. The summed E-state index contributed by atoms with van der Waals surface area (Å²) in [6, 6.07) is 8.34. The Bertz CT molecular complexity index is 983. The van der Waals surface area contributed by atoms with Crippen LogP contribution in [-0.2, 0) is 0 Å². The van der Waals surface area contributed by atoms with Crippen LogP contribution in [0.3, 0.4) is 0 Å². The van der Waals surface area contributed by atoms with Crippen molar-refractivity contribution in [2.24, 2.45) is 10.9 Å². The SMILES string of the molecule is CCC(CC)NC1=C2CCCC2=NC2=C(c3ccc(OC)cc3Cl)C(C)C(C#N)N21. The number of aliphatic imine (C=N–C) groups is 1. The summed E-state index contributed by atoms with van der Waals surface area (Å²) in [7, 11) is 1.63. The van der Waals surface area contributed by atoms with Gasteiger partial charge >= 0.3 is 0 Å². The zero-order chi connectivity index (χ0) is 21.4. The van der Waals surface area contributed by atoms with E-state index >= 15 is 0 Å². The quantitative estimate of drug-likeness (QED) is 0.655. The van der Waals surface area contributed by atoms with Gasteiger partial charge in [0.15, 0.2) is 0 Å². The van der Waals surface area contributed by atoms with Crippen LogP contribution in [0.15, 0.2) is 40.4 Å². The highest BCUT2D eigenvalue weighted by molar-refractivity contribution is 6.32. The van der Waals surface area contributed by atoms with Gasteiger partial charge in [-0.15, -0.1) is 0 Å². The van der Waals surface area contributed by atoms with Crippen molar-refractivity contribution in [2.45, 2.75) is 65.0 Å². The Labute approximate surface area is 184 Å². The van der Waals surface area contributed by atoms with Crippen molar-refractivity contribution in [3.63, 3.8) is 0 Å². The standard InChI is InChI=1S/C24H29ClN4O/c1-5-15(6-2)27-23-18-8-7-9-20(18)28-24-22(14(3)21(13-26)29(23)24)17-11-10-16(30-4)12-19(17)25/h10-12,14-15,21,27H,5-9H2,1-4H3. The molecule has 158 valence electrons. The van der Waals surface area contributed by atoms with E-state index in [2.05, 4.69) is 37.1 Å². The van der Waals surface area contributed by atoms with Gasteiger partial charge in [-0.05, 0) is 50.3 Å². The minimum atomic E-state index is -0.316. The minimum Gasteiger partial charge on any atom is -0.497 e. The van der Waals surface area contributed by atoms with Crippen LogP contribution in [-0.4, -0.2) is 29.8 Å². The van der Waals surface area contributed by atoms with Crippen LogP contribution in [0.5, 0.6) is 5.75 Å². The second-order valence-electron chi connectivity index (χ2n) is 8.21. The molecule has 30 heavy (non-hydrogen) atoms. The lowest BCUT2D eigenvalue weighted by molar-refractivity contribution is 0.312. The maximum Gasteiger partial charge on any atom is 0.139 e. The summed E-state index contributed by atoms with van der Waals surface area (Å²) in [5.74, 6) is 2.66. The second kappa shape index (κ2) is 8.35. The number of hydrogen-bond donors (Lipinski definition) is 1. The zero-order valence-corrected chi connectivity index (χ0v) is 18.9. The first-order chi connectivity index (χ1) is 14.5. The van der Waals surface area contributed by atoms with Crippen LogP contribution in [0.2, 0.25) is 5.02 Å². The average Bonchev–Trinajstić information content (AvgIpc) is 3.33. The van der Waals surface area contributed by atoms with E-state index in [1.54, 1.807) is 7.11 Å². The fraction of sp³-hybridized carbons (Fsp3) is 0.500. The summed E-state index contributed by atoms with van der Waals surface area (Å²) in [6.07, 6.45) is 5.17. The number of benzene rings is 1. The lowest BCUT2D eigenvalue weighted by Gasteiger charge is -2.35. The Morgan fingerprint density at radius 2 is 2.10 bits per heavy atom. The van der Waals surface area contributed by atoms with Crippen molar-refractivity contribution in [3.8, 4) is 11.8 Å². The molecule has 0 bridgehead atoms. The van der Waals surface area contributed by atoms with Crippen LogP contribution in [0.25, 0.3) is 5.57 Å². The zero-order valence-electron chi connectivity index (χ0n) is 18.1. The Morgan fingerprint density at radius 3 is 2.73 bits per heavy atom. The predicted octanol–water partition coefficient (Wildman–Crippen LogP) is 5.49. The molecule has 6 heteroatoms. The largest absolute Gasteiger partial charge is 0.497 e. The van der Waals surface area contributed by atoms with Crippen molar-refractivity contribution in [3.05, 3.63) is 46.0 Å². The van der Waals surface area contributed by atoms with Crippen LogP contribution in [0.4, 0.5) is 0 Å². The van der Waals surface area contributed by atoms with Crippen LogP contribution < -0.4 is 10.1 Å². The van der Waals surface area contributed by atoms with Crippen molar-refractivity contribution in [1.82, 2.24) is 10.2 Å². The Hall–Kier alpha value is -2.45. The highest BCUT2D eigenvalue weighted by atomic mass is 35.5. The van der Waals surface area contributed by atoms with Crippen LogP contribution in [0, 0.1) is 17.2 Å². The normalized spacial score (nSPS) is 22.8. The maximum absolute atomic E-state index is 10.1. The summed E-state index contributed by atoms with van der Waals surface area (Å²) in [5.41, 5.74) is 4.40. The van der Waals surface area contributed by atoms with E-state index in [-0.39, 0.29) is 12.0 Å². The predicted molar refractivity (Wildman–Crippen MR) is 121 cm³/mol. The van der Waals surface area contributed by atoms with E-state index in [1.807, 2.05) is 18.2 Å². The third-order valence-electron chi connectivity index (χ3n) is 6.56. The van der Waals surface area contributed by atoms with Crippen LogP contribution >= 0.6 is 11.6 Å². The average molecular weight is 425 g/mol. The molecule has 0 spiro atoms. The molecule has 2 aliphatic heterocycles. The van der Waals surface area contributed by atoms with Gasteiger partial charge in [-0.3, -0.25) is 4.90 Å². The first-order valence-corrected chi connectivity index (χ1v) is 11.3.